The fraction of sp³-hybridized carbons (Fsp3) is 0.118. The number of carbonyl (C=O) groups excluding carboxylic acids is 3. The van der Waals surface area contributed by atoms with Crippen molar-refractivity contribution in [3.63, 3.8) is 0 Å². The highest BCUT2D eigenvalue weighted by Crippen LogP contribution is 2.26. The van der Waals surface area contributed by atoms with Crippen LogP contribution in [0, 0.1) is 0 Å². The molecule has 0 fully saturated rings. The second-order valence-electron chi connectivity index (χ2n) is 5.23. The number of imide groups is 1. The third-order valence-corrected chi connectivity index (χ3v) is 4.19. The number of fused-ring (bicyclic) bond motifs is 1. The molecule has 0 bridgehead atoms. The summed E-state index contributed by atoms with van der Waals surface area (Å²) in [5.41, 5.74) is 1.15. The number of nitrogens with one attached hydrogen (secondary N) is 1. The largest absolute Gasteiger partial charge is 0.325 e. The van der Waals surface area contributed by atoms with Gasteiger partial charge in [-0.3, -0.25) is 19.3 Å². The number of anilines is 1. The highest BCUT2D eigenvalue weighted by molar-refractivity contribution is 6.36. The summed E-state index contributed by atoms with van der Waals surface area (Å²) in [6.07, 6.45) is -0.0234. The second kappa shape index (κ2) is 6.63. The Bertz CT molecular complexity index is 816. The lowest BCUT2D eigenvalue weighted by molar-refractivity contribution is -0.116. The molecule has 3 rings (SSSR count). The Kier molecular flexibility index (Phi) is 4.55. The van der Waals surface area contributed by atoms with Gasteiger partial charge in [0.15, 0.2) is 0 Å². The fourth-order valence-electron chi connectivity index (χ4n) is 2.46. The zero-order valence-electron chi connectivity index (χ0n) is 12.4. The molecule has 0 unspecified atom stereocenters. The topological polar surface area (TPSA) is 66.5 Å². The van der Waals surface area contributed by atoms with Gasteiger partial charge in [0.05, 0.1) is 21.8 Å². The van der Waals surface area contributed by atoms with Crippen LogP contribution in [0.4, 0.5) is 5.69 Å². The monoisotopic (exact) mass is 362 g/mol. The van der Waals surface area contributed by atoms with E-state index < -0.39 is 0 Å². The first-order valence-electron chi connectivity index (χ1n) is 7.17. The van der Waals surface area contributed by atoms with Gasteiger partial charge in [0, 0.05) is 18.0 Å². The molecule has 1 aliphatic heterocycles. The van der Waals surface area contributed by atoms with Crippen LogP contribution < -0.4 is 5.32 Å². The van der Waals surface area contributed by atoms with Gasteiger partial charge in [0.1, 0.15) is 0 Å². The summed E-state index contributed by atoms with van der Waals surface area (Å²) >= 11 is 11.8. The number of rotatable bonds is 4. The number of carbonyl (C=O) groups is 3. The molecule has 0 radical (unpaired) electrons. The molecule has 0 aromatic heterocycles. The maximum atomic E-state index is 12.2. The molecule has 0 aliphatic carbocycles. The van der Waals surface area contributed by atoms with Gasteiger partial charge in [-0.15, -0.1) is 0 Å². The normalized spacial score (nSPS) is 13.2. The Hall–Kier alpha value is -2.37. The van der Waals surface area contributed by atoms with Gasteiger partial charge in [-0.05, 0) is 30.3 Å². The Morgan fingerprint density at radius 1 is 1.00 bits per heavy atom. The van der Waals surface area contributed by atoms with Gasteiger partial charge < -0.3 is 5.32 Å². The van der Waals surface area contributed by atoms with Crippen molar-refractivity contribution in [3.05, 3.63) is 63.6 Å². The molecule has 3 amide bonds. The Labute approximate surface area is 148 Å². The SMILES string of the molecule is O=C(CCN1C(=O)c2ccccc2C1=O)Nc1ccc(Cl)cc1Cl. The Balaban J connectivity index is 1.63. The summed E-state index contributed by atoms with van der Waals surface area (Å²) in [4.78, 5) is 37.5. The van der Waals surface area contributed by atoms with Gasteiger partial charge in [-0.2, -0.15) is 0 Å². The second-order valence-corrected chi connectivity index (χ2v) is 6.07. The quantitative estimate of drug-likeness (QED) is 0.844. The van der Waals surface area contributed by atoms with E-state index in [0.29, 0.717) is 26.9 Å². The van der Waals surface area contributed by atoms with Crippen LogP contribution in [0.5, 0.6) is 0 Å². The first kappa shape index (κ1) is 16.5. The van der Waals surface area contributed by atoms with E-state index in [1.54, 1.807) is 36.4 Å². The van der Waals surface area contributed by atoms with Crippen molar-refractivity contribution in [1.82, 2.24) is 4.90 Å². The van der Waals surface area contributed by atoms with E-state index in [0.717, 1.165) is 4.90 Å². The number of amides is 3. The van der Waals surface area contributed by atoms with Crippen molar-refractivity contribution in [3.8, 4) is 0 Å². The number of nitrogens with zero attached hydrogens (tertiary/aromatic N) is 1. The van der Waals surface area contributed by atoms with Crippen LogP contribution in [0.25, 0.3) is 0 Å². The minimum atomic E-state index is -0.382. The lowest BCUT2D eigenvalue weighted by Crippen LogP contribution is -2.32. The smallest absolute Gasteiger partial charge is 0.261 e. The van der Waals surface area contributed by atoms with Crippen LogP contribution in [0.2, 0.25) is 10.0 Å². The van der Waals surface area contributed by atoms with Crippen LogP contribution in [-0.4, -0.2) is 29.2 Å². The van der Waals surface area contributed by atoms with Gasteiger partial charge in [0.2, 0.25) is 5.91 Å². The molecule has 0 atom stereocenters. The third-order valence-electron chi connectivity index (χ3n) is 3.65. The van der Waals surface area contributed by atoms with E-state index in [2.05, 4.69) is 5.32 Å². The molecule has 1 aliphatic rings. The standard InChI is InChI=1S/C17H12Cl2N2O3/c18-10-5-6-14(13(19)9-10)20-15(22)7-8-21-16(23)11-3-1-2-4-12(11)17(21)24/h1-6,9H,7-8H2,(H,20,22). The molecule has 0 saturated heterocycles. The van der Waals surface area contributed by atoms with Crippen molar-refractivity contribution in [1.29, 1.82) is 0 Å². The lowest BCUT2D eigenvalue weighted by atomic mass is 10.1. The van der Waals surface area contributed by atoms with Crippen molar-refractivity contribution in [2.24, 2.45) is 0 Å². The van der Waals surface area contributed by atoms with Gasteiger partial charge in [-0.1, -0.05) is 35.3 Å². The molecule has 2 aromatic carbocycles. The third kappa shape index (κ3) is 3.13. The summed E-state index contributed by atoms with van der Waals surface area (Å²) in [6, 6.07) is 11.3. The first-order valence-corrected chi connectivity index (χ1v) is 7.93. The summed E-state index contributed by atoms with van der Waals surface area (Å²) < 4.78 is 0. The van der Waals surface area contributed by atoms with Crippen LogP contribution >= 0.6 is 23.2 Å². The molecule has 122 valence electrons. The molecule has 5 nitrogen and oxygen atoms in total. The van der Waals surface area contributed by atoms with Crippen LogP contribution in [0.15, 0.2) is 42.5 Å². The highest BCUT2D eigenvalue weighted by Gasteiger charge is 2.34. The first-order chi connectivity index (χ1) is 11.5. The lowest BCUT2D eigenvalue weighted by Gasteiger charge is -2.14. The van der Waals surface area contributed by atoms with E-state index in [1.807, 2.05) is 0 Å². The van der Waals surface area contributed by atoms with Crippen molar-refractivity contribution in [2.45, 2.75) is 6.42 Å². The molecular formula is C17H12Cl2N2O3. The minimum Gasteiger partial charge on any atom is -0.325 e. The van der Waals surface area contributed by atoms with Gasteiger partial charge >= 0.3 is 0 Å². The maximum absolute atomic E-state index is 12.2. The fourth-order valence-corrected chi connectivity index (χ4v) is 2.91. The Morgan fingerprint density at radius 3 is 2.21 bits per heavy atom. The van der Waals surface area contributed by atoms with E-state index in [1.165, 1.54) is 6.07 Å². The summed E-state index contributed by atoms with van der Waals surface area (Å²) in [6.45, 7) is 0.00336. The number of halogens is 2. The minimum absolute atomic E-state index is 0.00336. The maximum Gasteiger partial charge on any atom is 0.261 e. The van der Waals surface area contributed by atoms with E-state index in [-0.39, 0.29) is 30.7 Å². The molecule has 1 heterocycles. The Morgan fingerprint density at radius 2 is 1.62 bits per heavy atom. The number of benzene rings is 2. The number of hydrogen-bond donors (Lipinski definition) is 1. The molecular weight excluding hydrogens is 351 g/mol. The molecule has 2 aromatic rings. The predicted molar refractivity (Wildman–Crippen MR) is 91.5 cm³/mol. The van der Waals surface area contributed by atoms with Crippen LogP contribution in [-0.2, 0) is 4.79 Å². The van der Waals surface area contributed by atoms with Crippen LogP contribution in [0.1, 0.15) is 27.1 Å². The molecule has 1 N–H and O–H groups in total. The highest BCUT2D eigenvalue weighted by atomic mass is 35.5. The predicted octanol–water partition coefficient (Wildman–Crippen LogP) is 3.62. The molecule has 7 heteroatoms. The van der Waals surface area contributed by atoms with Gasteiger partial charge in [-0.25, -0.2) is 0 Å². The molecule has 0 spiro atoms. The zero-order valence-corrected chi connectivity index (χ0v) is 13.9. The zero-order chi connectivity index (χ0) is 17.3. The molecule has 0 saturated carbocycles. The van der Waals surface area contributed by atoms with Crippen LogP contribution in [0.3, 0.4) is 0 Å². The number of hydrogen-bond acceptors (Lipinski definition) is 3. The van der Waals surface area contributed by atoms with Gasteiger partial charge in [0.25, 0.3) is 11.8 Å². The van der Waals surface area contributed by atoms with Crippen molar-refractivity contribution in [2.75, 3.05) is 11.9 Å². The molecule has 24 heavy (non-hydrogen) atoms. The van der Waals surface area contributed by atoms with E-state index in [4.69, 9.17) is 23.2 Å². The summed E-state index contributed by atoms with van der Waals surface area (Å²) in [5.74, 6) is -1.11. The average Bonchev–Trinajstić information content (AvgIpc) is 2.80. The average molecular weight is 363 g/mol. The van der Waals surface area contributed by atoms with E-state index >= 15 is 0 Å². The summed E-state index contributed by atoms with van der Waals surface area (Å²) in [5, 5.41) is 3.41. The summed E-state index contributed by atoms with van der Waals surface area (Å²) in [7, 11) is 0. The van der Waals surface area contributed by atoms with Crippen molar-refractivity contribution >= 4 is 46.6 Å². The van der Waals surface area contributed by atoms with E-state index in [9.17, 15) is 14.4 Å². The van der Waals surface area contributed by atoms with Crippen molar-refractivity contribution < 1.29 is 14.4 Å².